The van der Waals surface area contributed by atoms with E-state index in [1.54, 1.807) is 18.5 Å². The van der Waals surface area contributed by atoms with Crippen LogP contribution in [0.15, 0.2) is 40.6 Å². The second-order valence-electron chi connectivity index (χ2n) is 4.22. The van der Waals surface area contributed by atoms with Gasteiger partial charge in [-0.15, -0.1) is 11.3 Å². The lowest BCUT2D eigenvalue weighted by atomic mass is 10.3. The van der Waals surface area contributed by atoms with Crippen LogP contribution in [0.2, 0.25) is 0 Å². The summed E-state index contributed by atoms with van der Waals surface area (Å²) in [7, 11) is -0.636. The molecule has 0 aliphatic rings. The number of hydrogen-bond acceptors (Lipinski definition) is 5. The Balaban J connectivity index is 2.28. The molecule has 0 aliphatic heterocycles. The van der Waals surface area contributed by atoms with E-state index in [1.807, 2.05) is 0 Å². The summed E-state index contributed by atoms with van der Waals surface area (Å²) in [5.41, 5.74) is 0.558. The highest BCUT2D eigenvalue weighted by molar-refractivity contribution is 7.89. The van der Waals surface area contributed by atoms with Crippen molar-refractivity contribution in [1.82, 2.24) is 0 Å². The molecule has 1 aromatic carbocycles. The molecule has 2 rings (SSSR count). The van der Waals surface area contributed by atoms with E-state index < -0.39 is 10.0 Å². The van der Waals surface area contributed by atoms with Gasteiger partial charge in [0, 0.05) is 12.7 Å². The third-order valence-electron chi connectivity index (χ3n) is 2.90. The first kappa shape index (κ1) is 15.5. The third kappa shape index (κ3) is 3.23. The first-order valence-corrected chi connectivity index (χ1v) is 8.29. The van der Waals surface area contributed by atoms with Crippen LogP contribution in [0.1, 0.15) is 9.67 Å². The number of benzene rings is 1. The van der Waals surface area contributed by atoms with Gasteiger partial charge in [-0.25, -0.2) is 13.6 Å². The minimum Gasteiger partial charge on any atom is -0.495 e. The Labute approximate surface area is 126 Å². The number of hydrogen-bond donors (Lipinski definition) is 1. The number of carbonyl (C=O) groups is 1. The number of rotatable bonds is 4. The van der Waals surface area contributed by atoms with Crippen LogP contribution in [0, 0.1) is 0 Å². The van der Waals surface area contributed by atoms with Crippen molar-refractivity contribution in [1.29, 1.82) is 0 Å². The topological polar surface area (TPSA) is 89.7 Å². The number of nitrogens with zero attached hydrogens (tertiary/aromatic N) is 1. The second kappa shape index (κ2) is 5.84. The molecule has 0 radical (unpaired) electrons. The van der Waals surface area contributed by atoms with E-state index in [1.165, 1.54) is 47.6 Å². The molecule has 8 heteroatoms. The zero-order valence-electron chi connectivity index (χ0n) is 11.4. The van der Waals surface area contributed by atoms with Crippen LogP contribution in [-0.4, -0.2) is 28.5 Å². The fraction of sp³-hybridized carbons (Fsp3) is 0.154. The fourth-order valence-electron chi connectivity index (χ4n) is 1.74. The van der Waals surface area contributed by atoms with Crippen LogP contribution >= 0.6 is 11.3 Å². The quantitative estimate of drug-likeness (QED) is 0.925. The number of primary sulfonamides is 1. The molecule has 6 nitrogen and oxygen atoms in total. The highest BCUT2D eigenvalue weighted by atomic mass is 32.2. The smallest absolute Gasteiger partial charge is 0.271 e. The molecule has 1 aromatic heterocycles. The first-order chi connectivity index (χ1) is 9.84. The van der Waals surface area contributed by atoms with Gasteiger partial charge in [-0.1, -0.05) is 0 Å². The number of anilines is 1. The fourth-order valence-corrected chi connectivity index (χ4v) is 3.09. The molecule has 21 heavy (non-hydrogen) atoms. The van der Waals surface area contributed by atoms with Gasteiger partial charge >= 0.3 is 0 Å². The van der Waals surface area contributed by atoms with Crippen molar-refractivity contribution in [3.63, 3.8) is 0 Å². The van der Waals surface area contributed by atoms with E-state index >= 15 is 0 Å². The molecule has 0 saturated heterocycles. The van der Waals surface area contributed by atoms with Crippen LogP contribution in [-0.2, 0) is 10.0 Å². The van der Waals surface area contributed by atoms with Crippen molar-refractivity contribution >= 4 is 33.0 Å². The summed E-state index contributed by atoms with van der Waals surface area (Å²) >= 11 is 1.28. The lowest BCUT2D eigenvalue weighted by molar-refractivity contribution is 0.0994. The van der Waals surface area contributed by atoms with Gasteiger partial charge in [0.2, 0.25) is 10.0 Å². The largest absolute Gasteiger partial charge is 0.495 e. The molecule has 0 bridgehead atoms. The predicted molar refractivity (Wildman–Crippen MR) is 81.4 cm³/mol. The Kier molecular flexibility index (Phi) is 4.31. The summed E-state index contributed by atoms with van der Waals surface area (Å²) in [4.78, 5) is 14.3. The molecule has 1 amide bonds. The van der Waals surface area contributed by atoms with Gasteiger partial charge in [-0.2, -0.15) is 0 Å². The normalized spacial score (nSPS) is 11.2. The number of sulfonamides is 1. The van der Waals surface area contributed by atoms with Crippen LogP contribution in [0.3, 0.4) is 0 Å². The summed E-state index contributed by atoms with van der Waals surface area (Å²) in [5, 5.41) is 6.80. The summed E-state index contributed by atoms with van der Waals surface area (Å²) in [5.74, 6) is 0.281. The summed E-state index contributed by atoms with van der Waals surface area (Å²) in [6.45, 7) is 0. The molecular weight excluding hydrogens is 312 g/mol. The van der Waals surface area contributed by atoms with Gasteiger partial charge in [-0.05, 0) is 35.7 Å². The summed E-state index contributed by atoms with van der Waals surface area (Å²) in [6, 6.07) is 7.49. The molecule has 0 spiro atoms. The monoisotopic (exact) mass is 326 g/mol. The third-order valence-corrected chi connectivity index (χ3v) is 4.71. The minimum absolute atomic E-state index is 0.000744. The van der Waals surface area contributed by atoms with Crippen molar-refractivity contribution in [2.45, 2.75) is 4.90 Å². The molecule has 2 aromatic rings. The first-order valence-electron chi connectivity index (χ1n) is 5.87. The second-order valence-corrected chi connectivity index (χ2v) is 6.70. The maximum absolute atomic E-state index is 12.4. The predicted octanol–water partition coefficient (Wildman–Crippen LogP) is 1.68. The zero-order valence-corrected chi connectivity index (χ0v) is 13.1. The molecule has 0 atom stereocenters. The van der Waals surface area contributed by atoms with Crippen molar-refractivity contribution in [2.75, 3.05) is 19.1 Å². The van der Waals surface area contributed by atoms with Gasteiger partial charge < -0.3 is 9.64 Å². The zero-order chi connectivity index (χ0) is 15.6. The van der Waals surface area contributed by atoms with E-state index in [0.29, 0.717) is 16.3 Å². The average molecular weight is 326 g/mol. The van der Waals surface area contributed by atoms with E-state index in [2.05, 4.69) is 0 Å². The Morgan fingerprint density at radius 2 is 1.86 bits per heavy atom. The highest BCUT2D eigenvalue weighted by Gasteiger charge is 2.19. The molecule has 0 saturated carbocycles. The van der Waals surface area contributed by atoms with Gasteiger partial charge in [0.05, 0.1) is 12.0 Å². The summed E-state index contributed by atoms with van der Waals surface area (Å²) in [6.07, 6.45) is 0. The van der Waals surface area contributed by atoms with Crippen LogP contribution in [0.25, 0.3) is 0 Å². The van der Waals surface area contributed by atoms with Crippen molar-refractivity contribution in [2.24, 2.45) is 5.14 Å². The number of nitrogens with two attached hydrogens (primary N) is 1. The number of ether oxygens (including phenoxy) is 1. The summed E-state index contributed by atoms with van der Waals surface area (Å²) < 4.78 is 27.5. The number of methoxy groups -OCH3 is 1. The standard InChI is InChI=1S/C13H14N2O4S2/c1-15(13(16)12-11(19-2)7-8-20-12)9-3-5-10(6-4-9)21(14,17)18/h3-8H,1-2H3,(H2,14,17,18). The van der Waals surface area contributed by atoms with Crippen LogP contribution in [0.4, 0.5) is 5.69 Å². The van der Waals surface area contributed by atoms with E-state index in [-0.39, 0.29) is 10.8 Å². The van der Waals surface area contributed by atoms with E-state index in [9.17, 15) is 13.2 Å². The Morgan fingerprint density at radius 1 is 1.24 bits per heavy atom. The van der Waals surface area contributed by atoms with Gasteiger partial charge in [0.1, 0.15) is 10.6 Å². The highest BCUT2D eigenvalue weighted by Crippen LogP contribution is 2.27. The van der Waals surface area contributed by atoms with Crippen LogP contribution < -0.4 is 14.8 Å². The molecular formula is C13H14N2O4S2. The number of amides is 1. The van der Waals surface area contributed by atoms with E-state index in [0.717, 1.165) is 0 Å². The lowest BCUT2D eigenvalue weighted by Crippen LogP contribution is -2.25. The van der Waals surface area contributed by atoms with Crippen LogP contribution in [0.5, 0.6) is 5.75 Å². The van der Waals surface area contributed by atoms with E-state index in [4.69, 9.17) is 9.88 Å². The van der Waals surface area contributed by atoms with Crippen molar-refractivity contribution < 1.29 is 17.9 Å². The van der Waals surface area contributed by atoms with Gasteiger partial charge in [-0.3, -0.25) is 4.79 Å². The Hall–Kier alpha value is -1.90. The Morgan fingerprint density at radius 3 is 2.38 bits per heavy atom. The molecule has 1 heterocycles. The molecule has 0 unspecified atom stereocenters. The van der Waals surface area contributed by atoms with Crippen molar-refractivity contribution in [3.8, 4) is 5.75 Å². The van der Waals surface area contributed by atoms with Gasteiger partial charge in [0.15, 0.2) is 0 Å². The molecule has 2 N–H and O–H groups in total. The number of carbonyl (C=O) groups excluding carboxylic acids is 1. The molecule has 112 valence electrons. The van der Waals surface area contributed by atoms with Crippen molar-refractivity contribution in [3.05, 3.63) is 40.6 Å². The lowest BCUT2D eigenvalue weighted by Gasteiger charge is -2.17. The average Bonchev–Trinajstić information content (AvgIpc) is 2.93. The SMILES string of the molecule is COc1ccsc1C(=O)N(C)c1ccc(S(N)(=O)=O)cc1. The molecule has 0 fully saturated rings. The number of thiophene rings is 1. The Bertz CT molecular complexity index is 751. The maximum Gasteiger partial charge on any atom is 0.271 e. The molecule has 0 aliphatic carbocycles. The minimum atomic E-state index is -3.74. The maximum atomic E-state index is 12.4. The van der Waals surface area contributed by atoms with Gasteiger partial charge in [0.25, 0.3) is 5.91 Å².